The van der Waals surface area contributed by atoms with E-state index >= 15 is 0 Å². The van der Waals surface area contributed by atoms with Crippen molar-refractivity contribution in [2.45, 2.75) is 11.4 Å². The molecule has 0 aliphatic rings. The first-order valence-corrected chi connectivity index (χ1v) is 8.92. The molecule has 0 fully saturated rings. The van der Waals surface area contributed by atoms with Crippen LogP contribution in [0.15, 0.2) is 59.5 Å². The predicted octanol–water partition coefficient (Wildman–Crippen LogP) is 1.54. The highest BCUT2D eigenvalue weighted by atomic mass is 32.2. The molecule has 0 saturated carbocycles. The van der Waals surface area contributed by atoms with Gasteiger partial charge in [0, 0.05) is 25.8 Å². The fourth-order valence-electron chi connectivity index (χ4n) is 2.01. The number of benzene rings is 2. The predicted molar refractivity (Wildman–Crippen MR) is 91.1 cm³/mol. The number of amides is 1. The van der Waals surface area contributed by atoms with E-state index in [0.29, 0.717) is 18.7 Å². The Balaban J connectivity index is 1.99. The van der Waals surface area contributed by atoms with Gasteiger partial charge in [-0.1, -0.05) is 30.3 Å². The van der Waals surface area contributed by atoms with E-state index in [1.54, 1.807) is 7.11 Å². The monoisotopic (exact) mass is 348 g/mol. The van der Waals surface area contributed by atoms with E-state index in [9.17, 15) is 13.2 Å². The third kappa shape index (κ3) is 5.16. The number of nitrogens with one attached hydrogen (secondary N) is 2. The van der Waals surface area contributed by atoms with Crippen LogP contribution in [0, 0.1) is 0 Å². The van der Waals surface area contributed by atoms with Crippen LogP contribution < -0.4 is 10.0 Å². The summed E-state index contributed by atoms with van der Waals surface area (Å²) >= 11 is 0. The van der Waals surface area contributed by atoms with Gasteiger partial charge in [0.25, 0.3) is 5.91 Å². The lowest BCUT2D eigenvalue weighted by molar-refractivity contribution is 0.0937. The SMILES string of the molecule is COCCNC(=O)c1ccc(S(=O)(=O)NCc2ccccc2)cc1. The summed E-state index contributed by atoms with van der Waals surface area (Å²) in [5, 5.41) is 2.68. The normalized spacial score (nSPS) is 11.2. The minimum atomic E-state index is -3.62. The van der Waals surface area contributed by atoms with Gasteiger partial charge in [-0.15, -0.1) is 0 Å². The molecule has 0 radical (unpaired) electrons. The van der Waals surface area contributed by atoms with E-state index in [0.717, 1.165) is 5.56 Å². The van der Waals surface area contributed by atoms with E-state index in [4.69, 9.17) is 4.74 Å². The van der Waals surface area contributed by atoms with Crippen LogP contribution in [0.5, 0.6) is 0 Å². The Bertz CT molecular complexity index is 759. The third-order valence-electron chi connectivity index (χ3n) is 3.33. The van der Waals surface area contributed by atoms with Gasteiger partial charge in [0.1, 0.15) is 0 Å². The summed E-state index contributed by atoms with van der Waals surface area (Å²) in [4.78, 5) is 12.0. The van der Waals surface area contributed by atoms with Gasteiger partial charge in [-0.25, -0.2) is 13.1 Å². The van der Waals surface area contributed by atoms with Crippen molar-refractivity contribution in [3.8, 4) is 0 Å². The number of ether oxygens (including phenoxy) is 1. The van der Waals surface area contributed by atoms with Crippen molar-refractivity contribution >= 4 is 15.9 Å². The number of carbonyl (C=O) groups is 1. The zero-order valence-corrected chi connectivity index (χ0v) is 14.2. The van der Waals surface area contributed by atoms with Gasteiger partial charge < -0.3 is 10.1 Å². The van der Waals surface area contributed by atoms with E-state index in [1.807, 2.05) is 30.3 Å². The largest absolute Gasteiger partial charge is 0.383 e. The minimum absolute atomic E-state index is 0.117. The number of sulfonamides is 1. The van der Waals surface area contributed by atoms with Gasteiger partial charge in [0.05, 0.1) is 11.5 Å². The zero-order valence-electron chi connectivity index (χ0n) is 13.4. The van der Waals surface area contributed by atoms with Crippen LogP contribution >= 0.6 is 0 Å². The molecule has 0 aliphatic carbocycles. The van der Waals surface area contributed by atoms with Crippen molar-refractivity contribution in [1.82, 2.24) is 10.0 Å². The Hall–Kier alpha value is -2.22. The fraction of sp³-hybridized carbons (Fsp3) is 0.235. The second-order valence-electron chi connectivity index (χ2n) is 5.08. The summed E-state index contributed by atoms with van der Waals surface area (Å²) in [6.45, 7) is 1.03. The number of methoxy groups -OCH3 is 1. The molecule has 24 heavy (non-hydrogen) atoms. The highest BCUT2D eigenvalue weighted by molar-refractivity contribution is 7.89. The van der Waals surface area contributed by atoms with E-state index in [-0.39, 0.29) is 17.3 Å². The molecule has 128 valence electrons. The molecule has 0 bridgehead atoms. The maximum absolute atomic E-state index is 12.3. The molecule has 6 nitrogen and oxygen atoms in total. The Kier molecular flexibility index (Phi) is 6.48. The summed E-state index contributed by atoms with van der Waals surface area (Å²) in [5.74, 6) is -0.270. The van der Waals surface area contributed by atoms with Crippen molar-refractivity contribution in [2.75, 3.05) is 20.3 Å². The first-order valence-electron chi connectivity index (χ1n) is 7.44. The van der Waals surface area contributed by atoms with Gasteiger partial charge in [-0.05, 0) is 29.8 Å². The topological polar surface area (TPSA) is 84.5 Å². The molecule has 0 heterocycles. The smallest absolute Gasteiger partial charge is 0.251 e. The van der Waals surface area contributed by atoms with Crippen LogP contribution in [0.25, 0.3) is 0 Å². The standard InChI is InChI=1S/C17H20N2O4S/c1-23-12-11-18-17(20)15-7-9-16(10-8-15)24(21,22)19-13-14-5-3-2-4-6-14/h2-10,19H,11-13H2,1H3,(H,18,20). The molecule has 0 unspecified atom stereocenters. The highest BCUT2D eigenvalue weighted by Crippen LogP contribution is 2.11. The molecule has 2 aromatic rings. The molecular weight excluding hydrogens is 328 g/mol. The Labute approximate surface area is 141 Å². The van der Waals surface area contributed by atoms with E-state index in [1.165, 1.54) is 24.3 Å². The second-order valence-corrected chi connectivity index (χ2v) is 6.85. The van der Waals surface area contributed by atoms with Crippen LogP contribution in [0.1, 0.15) is 15.9 Å². The molecule has 0 aromatic heterocycles. The summed E-state index contributed by atoms with van der Waals surface area (Å²) in [6, 6.07) is 15.1. The van der Waals surface area contributed by atoms with Crippen molar-refractivity contribution in [3.63, 3.8) is 0 Å². The summed E-state index contributed by atoms with van der Waals surface area (Å²) in [7, 11) is -2.07. The average molecular weight is 348 g/mol. The van der Waals surface area contributed by atoms with Gasteiger partial charge in [-0.3, -0.25) is 4.79 Å². The average Bonchev–Trinajstić information content (AvgIpc) is 2.61. The van der Waals surface area contributed by atoms with Crippen molar-refractivity contribution < 1.29 is 17.9 Å². The first-order chi connectivity index (χ1) is 11.5. The highest BCUT2D eigenvalue weighted by Gasteiger charge is 2.14. The van der Waals surface area contributed by atoms with E-state index in [2.05, 4.69) is 10.0 Å². The Morgan fingerprint density at radius 3 is 2.33 bits per heavy atom. The minimum Gasteiger partial charge on any atom is -0.383 e. The molecule has 0 atom stereocenters. The van der Waals surface area contributed by atoms with Crippen LogP contribution in [-0.2, 0) is 21.3 Å². The maximum atomic E-state index is 12.3. The van der Waals surface area contributed by atoms with Crippen LogP contribution in [0.3, 0.4) is 0 Å². The molecule has 1 amide bonds. The molecule has 2 aromatic carbocycles. The molecule has 2 rings (SSSR count). The maximum Gasteiger partial charge on any atom is 0.251 e. The number of rotatable bonds is 8. The molecule has 0 spiro atoms. The van der Waals surface area contributed by atoms with Gasteiger partial charge in [0.2, 0.25) is 10.0 Å². The number of hydrogen-bond donors (Lipinski definition) is 2. The molecular formula is C17H20N2O4S. The summed E-state index contributed by atoms with van der Waals surface area (Å²) in [6.07, 6.45) is 0. The Morgan fingerprint density at radius 1 is 1.04 bits per heavy atom. The summed E-state index contributed by atoms with van der Waals surface area (Å²) < 4.78 is 31.9. The zero-order chi connectivity index (χ0) is 17.4. The lowest BCUT2D eigenvalue weighted by atomic mass is 10.2. The quantitative estimate of drug-likeness (QED) is 0.709. The van der Waals surface area contributed by atoms with Gasteiger partial charge in [-0.2, -0.15) is 0 Å². The molecule has 0 aliphatic heterocycles. The van der Waals surface area contributed by atoms with Crippen molar-refractivity contribution in [3.05, 3.63) is 65.7 Å². The van der Waals surface area contributed by atoms with Crippen molar-refractivity contribution in [2.24, 2.45) is 0 Å². The Morgan fingerprint density at radius 2 is 1.71 bits per heavy atom. The molecule has 2 N–H and O–H groups in total. The first kappa shape index (κ1) is 18.1. The van der Waals surface area contributed by atoms with Crippen LogP contribution in [0.2, 0.25) is 0 Å². The van der Waals surface area contributed by atoms with Crippen LogP contribution in [0.4, 0.5) is 0 Å². The third-order valence-corrected chi connectivity index (χ3v) is 4.74. The van der Waals surface area contributed by atoms with E-state index < -0.39 is 10.0 Å². The van der Waals surface area contributed by atoms with Crippen LogP contribution in [-0.4, -0.2) is 34.6 Å². The van der Waals surface area contributed by atoms with Gasteiger partial charge >= 0.3 is 0 Å². The molecule has 0 saturated heterocycles. The second kappa shape index (κ2) is 8.58. The lowest BCUT2D eigenvalue weighted by Gasteiger charge is -2.08. The fourth-order valence-corrected chi connectivity index (χ4v) is 3.03. The summed E-state index contributed by atoms with van der Waals surface area (Å²) in [5.41, 5.74) is 1.27. The van der Waals surface area contributed by atoms with Crippen molar-refractivity contribution in [1.29, 1.82) is 0 Å². The van der Waals surface area contributed by atoms with Gasteiger partial charge in [0.15, 0.2) is 0 Å². The molecule has 7 heteroatoms. The number of hydrogen-bond acceptors (Lipinski definition) is 4. The number of carbonyl (C=O) groups excluding carboxylic acids is 1. The lowest BCUT2D eigenvalue weighted by Crippen LogP contribution is -2.27.